The minimum atomic E-state index is -1.28. The lowest BCUT2D eigenvalue weighted by atomic mass is 9.84. The Morgan fingerprint density at radius 3 is 2.36 bits per heavy atom. The molecule has 0 aliphatic heterocycles. The van der Waals surface area contributed by atoms with Gasteiger partial charge < -0.3 is 10.8 Å². The number of hydrogen-bond acceptors (Lipinski definition) is 2. The molecular weight excluding hydrogens is 149 g/mol. The van der Waals surface area contributed by atoms with Gasteiger partial charge in [0, 0.05) is 6.54 Å². The average Bonchev–Trinajstić information content (AvgIpc) is 2.74. The Labute approximate surface area is 64.4 Å². The van der Waals surface area contributed by atoms with Crippen molar-refractivity contribution in [2.24, 2.45) is 17.1 Å². The Hall–Kier alpha value is -0.640. The van der Waals surface area contributed by atoms with Crippen LogP contribution in [0.25, 0.3) is 0 Å². The van der Waals surface area contributed by atoms with Crippen molar-refractivity contribution in [2.75, 3.05) is 13.2 Å². The highest BCUT2D eigenvalue weighted by Crippen LogP contribution is 2.45. The van der Waals surface area contributed by atoms with Crippen molar-refractivity contribution in [1.82, 2.24) is 0 Å². The topological polar surface area (TPSA) is 63.3 Å². The summed E-state index contributed by atoms with van der Waals surface area (Å²) in [5.74, 6) is -1.13. The molecule has 1 unspecified atom stereocenters. The largest absolute Gasteiger partial charge is 0.481 e. The maximum Gasteiger partial charge on any atom is 0.313 e. The van der Waals surface area contributed by atoms with Crippen molar-refractivity contribution < 1.29 is 14.3 Å². The number of carboxylic acid groups (broad SMARTS) is 1. The van der Waals surface area contributed by atoms with Crippen LogP contribution < -0.4 is 5.73 Å². The van der Waals surface area contributed by atoms with Crippen LogP contribution in [0.2, 0.25) is 0 Å². The molecule has 1 rings (SSSR count). The fraction of sp³-hybridized carbons (Fsp3) is 0.857. The van der Waals surface area contributed by atoms with Crippen LogP contribution in [0, 0.1) is 11.3 Å². The summed E-state index contributed by atoms with van der Waals surface area (Å²) in [4.78, 5) is 10.6. The first-order valence-corrected chi connectivity index (χ1v) is 3.67. The van der Waals surface area contributed by atoms with Crippen molar-refractivity contribution in [3.8, 4) is 0 Å². The molecule has 1 fully saturated rings. The molecule has 64 valence electrons. The van der Waals surface area contributed by atoms with Crippen molar-refractivity contribution in [3.05, 3.63) is 0 Å². The molecule has 4 heteroatoms. The Morgan fingerprint density at radius 1 is 1.73 bits per heavy atom. The lowest BCUT2D eigenvalue weighted by Gasteiger charge is -2.23. The van der Waals surface area contributed by atoms with Gasteiger partial charge in [-0.3, -0.25) is 4.79 Å². The standard InChI is InChI=1S/C7H12FNO2/c8-3-7(4-9,6(10)11)5-1-2-5/h5H,1-4,9H2,(H,10,11). The third-order valence-corrected chi connectivity index (χ3v) is 2.39. The van der Waals surface area contributed by atoms with Crippen molar-refractivity contribution >= 4 is 5.97 Å². The van der Waals surface area contributed by atoms with Crippen LogP contribution in [0.4, 0.5) is 4.39 Å². The second-order valence-corrected chi connectivity index (χ2v) is 3.07. The number of rotatable bonds is 4. The summed E-state index contributed by atoms with van der Waals surface area (Å²) in [7, 11) is 0. The van der Waals surface area contributed by atoms with Gasteiger partial charge in [0.05, 0.1) is 0 Å². The average molecular weight is 161 g/mol. The van der Waals surface area contributed by atoms with Gasteiger partial charge >= 0.3 is 5.97 Å². The molecule has 0 aromatic heterocycles. The molecule has 0 saturated heterocycles. The van der Waals surface area contributed by atoms with Gasteiger partial charge in [0.25, 0.3) is 0 Å². The number of nitrogens with two attached hydrogens (primary N) is 1. The summed E-state index contributed by atoms with van der Waals surface area (Å²) in [5.41, 5.74) is 3.96. The maximum atomic E-state index is 12.4. The predicted octanol–water partition coefficient (Wildman–Crippen LogP) is 0.396. The van der Waals surface area contributed by atoms with E-state index >= 15 is 0 Å². The molecule has 1 atom stereocenters. The van der Waals surface area contributed by atoms with E-state index in [0.29, 0.717) is 0 Å². The van der Waals surface area contributed by atoms with Crippen molar-refractivity contribution in [2.45, 2.75) is 12.8 Å². The summed E-state index contributed by atoms with van der Waals surface area (Å²) in [6.07, 6.45) is 1.60. The summed E-state index contributed by atoms with van der Waals surface area (Å²) in [6, 6.07) is 0. The smallest absolute Gasteiger partial charge is 0.313 e. The van der Waals surface area contributed by atoms with E-state index in [1.54, 1.807) is 0 Å². The number of carbonyl (C=O) groups is 1. The van der Waals surface area contributed by atoms with E-state index in [0.717, 1.165) is 12.8 Å². The summed E-state index contributed by atoms with van der Waals surface area (Å²) in [5, 5.41) is 8.71. The molecule has 0 amide bonds. The van der Waals surface area contributed by atoms with Crippen LogP contribution >= 0.6 is 0 Å². The zero-order valence-corrected chi connectivity index (χ0v) is 6.22. The van der Waals surface area contributed by atoms with E-state index in [4.69, 9.17) is 10.8 Å². The van der Waals surface area contributed by atoms with Gasteiger partial charge in [-0.25, -0.2) is 4.39 Å². The van der Waals surface area contributed by atoms with Gasteiger partial charge in [-0.1, -0.05) is 0 Å². The Bertz CT molecular complexity index is 164. The third-order valence-electron chi connectivity index (χ3n) is 2.39. The summed E-state index contributed by atoms with van der Waals surface area (Å²) < 4.78 is 12.4. The molecule has 0 bridgehead atoms. The summed E-state index contributed by atoms with van der Waals surface area (Å²) in [6.45, 7) is -0.938. The lowest BCUT2D eigenvalue weighted by molar-refractivity contribution is -0.150. The van der Waals surface area contributed by atoms with Gasteiger partial charge in [-0.05, 0) is 18.8 Å². The fourth-order valence-electron chi connectivity index (χ4n) is 1.29. The molecular formula is C7H12FNO2. The number of halogens is 1. The molecule has 0 spiro atoms. The minimum Gasteiger partial charge on any atom is -0.481 e. The molecule has 11 heavy (non-hydrogen) atoms. The zero-order valence-electron chi connectivity index (χ0n) is 6.22. The first-order valence-electron chi connectivity index (χ1n) is 3.67. The second-order valence-electron chi connectivity index (χ2n) is 3.07. The number of carboxylic acids is 1. The molecule has 0 radical (unpaired) electrons. The first kappa shape index (κ1) is 8.46. The quantitative estimate of drug-likeness (QED) is 0.627. The van der Waals surface area contributed by atoms with Crippen molar-refractivity contribution in [3.63, 3.8) is 0 Å². The highest BCUT2D eigenvalue weighted by atomic mass is 19.1. The Morgan fingerprint density at radius 2 is 2.27 bits per heavy atom. The van der Waals surface area contributed by atoms with Gasteiger partial charge in [0.2, 0.25) is 0 Å². The molecule has 0 aromatic rings. The molecule has 3 nitrogen and oxygen atoms in total. The molecule has 0 heterocycles. The molecule has 1 aliphatic carbocycles. The molecule has 3 N–H and O–H groups in total. The highest BCUT2D eigenvalue weighted by Gasteiger charge is 2.50. The lowest BCUT2D eigenvalue weighted by Crippen LogP contribution is -2.42. The van der Waals surface area contributed by atoms with Crippen molar-refractivity contribution in [1.29, 1.82) is 0 Å². The van der Waals surface area contributed by atoms with Gasteiger partial charge in [-0.15, -0.1) is 0 Å². The van der Waals surface area contributed by atoms with E-state index in [9.17, 15) is 9.18 Å². The first-order chi connectivity index (χ1) is 5.17. The molecule has 0 aromatic carbocycles. The number of aliphatic carboxylic acids is 1. The van der Waals surface area contributed by atoms with Crippen LogP contribution in [-0.2, 0) is 4.79 Å². The highest BCUT2D eigenvalue weighted by molar-refractivity contribution is 5.76. The summed E-state index contributed by atoms with van der Waals surface area (Å²) >= 11 is 0. The normalized spacial score (nSPS) is 22.7. The minimum absolute atomic E-state index is 0.0324. The molecule has 1 saturated carbocycles. The van der Waals surface area contributed by atoms with Crippen LogP contribution in [0.15, 0.2) is 0 Å². The van der Waals surface area contributed by atoms with E-state index < -0.39 is 18.1 Å². The van der Waals surface area contributed by atoms with Crippen LogP contribution in [0.5, 0.6) is 0 Å². The van der Waals surface area contributed by atoms with Gasteiger partial charge in [0.1, 0.15) is 12.1 Å². The van der Waals surface area contributed by atoms with Crippen LogP contribution in [-0.4, -0.2) is 24.3 Å². The Balaban J connectivity index is 2.73. The Kier molecular flexibility index (Phi) is 2.13. The van der Waals surface area contributed by atoms with E-state index in [1.165, 1.54) is 0 Å². The van der Waals surface area contributed by atoms with Gasteiger partial charge in [0.15, 0.2) is 0 Å². The maximum absolute atomic E-state index is 12.4. The van der Waals surface area contributed by atoms with E-state index in [2.05, 4.69) is 0 Å². The number of alkyl halides is 1. The molecule has 1 aliphatic rings. The van der Waals surface area contributed by atoms with Crippen LogP contribution in [0.3, 0.4) is 0 Å². The van der Waals surface area contributed by atoms with E-state index in [-0.39, 0.29) is 12.5 Å². The number of hydrogen-bond donors (Lipinski definition) is 2. The van der Waals surface area contributed by atoms with Gasteiger partial charge in [-0.2, -0.15) is 0 Å². The SMILES string of the molecule is NCC(CF)(C(=O)O)C1CC1. The second kappa shape index (κ2) is 2.77. The van der Waals surface area contributed by atoms with Crippen LogP contribution in [0.1, 0.15) is 12.8 Å². The monoisotopic (exact) mass is 161 g/mol. The third kappa shape index (κ3) is 1.22. The zero-order chi connectivity index (χ0) is 8.48. The van der Waals surface area contributed by atoms with E-state index in [1.807, 2.05) is 0 Å². The fourth-order valence-corrected chi connectivity index (χ4v) is 1.29. The predicted molar refractivity (Wildman–Crippen MR) is 37.8 cm³/mol.